The normalized spacial score (nSPS) is 22.0. The first-order valence-corrected chi connectivity index (χ1v) is 8.44. The number of nitrogens with one attached hydrogen (secondary N) is 2. The predicted molar refractivity (Wildman–Crippen MR) is 91.6 cm³/mol. The van der Waals surface area contributed by atoms with Gasteiger partial charge < -0.3 is 19.9 Å². The Balaban J connectivity index is 1.42. The van der Waals surface area contributed by atoms with Crippen molar-refractivity contribution in [2.24, 2.45) is 7.05 Å². The number of nitrogens with zero attached hydrogens (tertiary/aromatic N) is 2. The number of Topliss-reactive ketones (excluding diaryl/α,β-unsaturated/α-hetero) is 1. The summed E-state index contributed by atoms with van der Waals surface area (Å²) < 4.78 is 7.65. The highest BCUT2D eigenvalue weighted by Crippen LogP contribution is 2.28. The molecule has 0 radical (unpaired) electrons. The van der Waals surface area contributed by atoms with E-state index in [0.717, 1.165) is 29.8 Å². The summed E-state index contributed by atoms with van der Waals surface area (Å²) in [6.07, 6.45) is 5.37. The van der Waals surface area contributed by atoms with Crippen molar-refractivity contribution in [3.05, 3.63) is 47.5 Å². The maximum Gasteiger partial charge on any atom is 0.319 e. The summed E-state index contributed by atoms with van der Waals surface area (Å²) in [7, 11) is 1.91. The number of carbonyl (C=O) groups is 2. The molecule has 1 aliphatic heterocycles. The number of aryl methyl sites for hydroxylation is 2. The zero-order valence-electron chi connectivity index (χ0n) is 14.0. The summed E-state index contributed by atoms with van der Waals surface area (Å²) in [6.45, 7) is 0.587. The van der Waals surface area contributed by atoms with E-state index in [1.165, 1.54) is 0 Å². The summed E-state index contributed by atoms with van der Waals surface area (Å²) in [5.41, 5.74) is 2.46. The molecule has 0 spiro atoms. The van der Waals surface area contributed by atoms with Gasteiger partial charge in [-0.25, -0.2) is 9.78 Å². The molecule has 1 aromatic carbocycles. The maximum absolute atomic E-state index is 12.4. The van der Waals surface area contributed by atoms with Crippen LogP contribution in [0.3, 0.4) is 0 Å². The van der Waals surface area contributed by atoms with Crippen LogP contribution in [0.25, 0.3) is 0 Å². The van der Waals surface area contributed by atoms with Crippen molar-refractivity contribution < 1.29 is 14.3 Å². The molecule has 0 saturated carbocycles. The number of hydrogen-bond acceptors (Lipinski definition) is 4. The average Bonchev–Trinajstić information content (AvgIpc) is 3.28. The van der Waals surface area contributed by atoms with Crippen molar-refractivity contribution in [1.29, 1.82) is 0 Å². The van der Waals surface area contributed by atoms with Crippen molar-refractivity contribution in [3.63, 3.8) is 0 Å². The molecule has 4 rings (SSSR count). The predicted octanol–water partition coefficient (Wildman–Crippen LogP) is 2.20. The Labute approximate surface area is 145 Å². The summed E-state index contributed by atoms with van der Waals surface area (Å²) in [4.78, 5) is 28.4. The van der Waals surface area contributed by atoms with Gasteiger partial charge in [-0.1, -0.05) is 0 Å². The van der Waals surface area contributed by atoms with Crippen LogP contribution in [0.5, 0.6) is 0 Å². The summed E-state index contributed by atoms with van der Waals surface area (Å²) in [5, 5.41) is 5.82. The molecule has 2 aromatic rings. The minimum absolute atomic E-state index is 0.128. The number of ether oxygens (including phenoxy) is 1. The van der Waals surface area contributed by atoms with E-state index < -0.39 is 0 Å². The van der Waals surface area contributed by atoms with E-state index >= 15 is 0 Å². The number of urea groups is 1. The number of hydrogen-bond donors (Lipinski definition) is 2. The molecule has 2 amide bonds. The summed E-state index contributed by atoms with van der Waals surface area (Å²) in [5.74, 6) is 0.978. The zero-order chi connectivity index (χ0) is 17.4. The van der Waals surface area contributed by atoms with E-state index in [1.54, 1.807) is 18.3 Å². The second-order valence-electron chi connectivity index (χ2n) is 6.48. The van der Waals surface area contributed by atoms with E-state index in [-0.39, 0.29) is 24.0 Å². The van der Waals surface area contributed by atoms with Crippen LogP contribution >= 0.6 is 0 Å². The monoisotopic (exact) mass is 340 g/mol. The summed E-state index contributed by atoms with van der Waals surface area (Å²) >= 11 is 0. The van der Waals surface area contributed by atoms with Crippen LogP contribution < -0.4 is 10.6 Å². The fourth-order valence-corrected chi connectivity index (χ4v) is 3.51. The van der Waals surface area contributed by atoms with Gasteiger partial charge in [-0.05, 0) is 36.6 Å². The molecule has 0 bridgehead atoms. The Morgan fingerprint density at radius 1 is 1.36 bits per heavy atom. The number of imidazole rings is 1. The number of amides is 2. The first-order valence-electron chi connectivity index (χ1n) is 8.44. The minimum atomic E-state index is -0.279. The molecular weight excluding hydrogens is 320 g/mol. The Morgan fingerprint density at radius 2 is 2.24 bits per heavy atom. The third kappa shape index (κ3) is 3.02. The van der Waals surface area contributed by atoms with E-state index in [2.05, 4.69) is 15.6 Å². The number of aromatic nitrogens is 2. The van der Waals surface area contributed by atoms with Gasteiger partial charge >= 0.3 is 6.03 Å². The molecule has 25 heavy (non-hydrogen) atoms. The Bertz CT molecular complexity index is 829. The van der Waals surface area contributed by atoms with Gasteiger partial charge in [0.25, 0.3) is 0 Å². The molecule has 1 aromatic heterocycles. The van der Waals surface area contributed by atoms with Crippen molar-refractivity contribution in [2.75, 3.05) is 11.9 Å². The van der Waals surface area contributed by atoms with Crippen LogP contribution in [-0.2, 0) is 18.2 Å². The van der Waals surface area contributed by atoms with Crippen LogP contribution in [0.4, 0.5) is 10.5 Å². The lowest BCUT2D eigenvalue weighted by Gasteiger charge is -2.20. The summed E-state index contributed by atoms with van der Waals surface area (Å²) in [6, 6.07) is 5.02. The molecular formula is C18H20N4O3. The highest BCUT2D eigenvalue weighted by molar-refractivity contribution is 6.01. The number of carbonyl (C=O) groups excluding carboxylic acids is 2. The van der Waals surface area contributed by atoms with E-state index in [9.17, 15) is 9.59 Å². The van der Waals surface area contributed by atoms with Gasteiger partial charge in [0.15, 0.2) is 5.78 Å². The van der Waals surface area contributed by atoms with E-state index in [0.29, 0.717) is 18.7 Å². The number of benzene rings is 1. The molecule has 7 nitrogen and oxygen atoms in total. The van der Waals surface area contributed by atoms with E-state index in [1.807, 2.05) is 23.9 Å². The van der Waals surface area contributed by atoms with Crippen LogP contribution in [0, 0.1) is 0 Å². The number of fused-ring (bicyclic) bond motifs is 1. The van der Waals surface area contributed by atoms with Gasteiger partial charge in [-0.2, -0.15) is 0 Å². The lowest BCUT2D eigenvalue weighted by molar-refractivity contribution is 0.0913. The van der Waals surface area contributed by atoms with Crippen molar-refractivity contribution in [1.82, 2.24) is 14.9 Å². The molecule has 1 saturated heterocycles. The Hall–Kier alpha value is -2.67. The first-order chi connectivity index (χ1) is 12.1. The lowest BCUT2D eigenvalue weighted by Crippen LogP contribution is -2.40. The van der Waals surface area contributed by atoms with Gasteiger partial charge in [-0.15, -0.1) is 0 Å². The molecule has 7 heteroatoms. The molecule has 130 valence electrons. The Kier molecular flexibility index (Phi) is 4.01. The topological polar surface area (TPSA) is 85.2 Å². The number of ketones is 1. The third-order valence-corrected chi connectivity index (χ3v) is 4.81. The van der Waals surface area contributed by atoms with Crippen LogP contribution in [0.1, 0.15) is 40.7 Å². The number of anilines is 1. The van der Waals surface area contributed by atoms with Gasteiger partial charge in [-0.3, -0.25) is 4.79 Å². The minimum Gasteiger partial charge on any atom is -0.368 e. The second kappa shape index (κ2) is 6.33. The second-order valence-corrected chi connectivity index (χ2v) is 6.48. The van der Waals surface area contributed by atoms with Crippen LogP contribution in [0.2, 0.25) is 0 Å². The smallest absolute Gasteiger partial charge is 0.319 e. The Morgan fingerprint density at radius 3 is 3.04 bits per heavy atom. The van der Waals surface area contributed by atoms with Gasteiger partial charge in [0, 0.05) is 43.7 Å². The highest BCUT2D eigenvalue weighted by atomic mass is 16.5. The fraction of sp³-hybridized carbons (Fsp3) is 0.389. The van der Waals surface area contributed by atoms with Crippen molar-refractivity contribution in [2.45, 2.75) is 31.4 Å². The van der Waals surface area contributed by atoms with Crippen LogP contribution in [0.15, 0.2) is 30.6 Å². The first kappa shape index (κ1) is 15.8. The molecule has 2 N–H and O–H groups in total. The average molecular weight is 340 g/mol. The van der Waals surface area contributed by atoms with Crippen LogP contribution in [-0.4, -0.2) is 34.0 Å². The zero-order valence-corrected chi connectivity index (χ0v) is 14.0. The quantitative estimate of drug-likeness (QED) is 0.897. The maximum atomic E-state index is 12.4. The van der Waals surface area contributed by atoms with Crippen molar-refractivity contribution >= 4 is 17.5 Å². The largest absolute Gasteiger partial charge is 0.368 e. The number of rotatable bonds is 3. The third-order valence-electron chi connectivity index (χ3n) is 4.81. The SMILES string of the molecule is Cn1ccnc1[C@@H]1OCC[C@H]1NC(=O)Nc1ccc2c(c1)CCC2=O. The molecule has 2 heterocycles. The van der Waals surface area contributed by atoms with Gasteiger partial charge in [0.05, 0.1) is 6.04 Å². The van der Waals surface area contributed by atoms with Crippen molar-refractivity contribution in [3.8, 4) is 0 Å². The lowest BCUT2D eigenvalue weighted by atomic mass is 10.1. The molecule has 1 aliphatic carbocycles. The standard InChI is InChI=1S/C18H20N4O3/c1-22-8-7-19-17(22)16-14(6-9-25-16)21-18(24)20-12-3-4-13-11(10-12)2-5-15(13)23/h3-4,7-8,10,14,16H,2,5-6,9H2,1H3,(H2,20,21,24)/t14-,16-/m1/s1. The van der Waals surface area contributed by atoms with Gasteiger partial charge in [0.2, 0.25) is 0 Å². The molecule has 2 atom stereocenters. The molecule has 0 unspecified atom stereocenters. The molecule has 1 fully saturated rings. The van der Waals surface area contributed by atoms with E-state index in [4.69, 9.17) is 4.74 Å². The van der Waals surface area contributed by atoms with Gasteiger partial charge in [0.1, 0.15) is 11.9 Å². The fourth-order valence-electron chi connectivity index (χ4n) is 3.51. The molecule has 2 aliphatic rings. The highest BCUT2D eigenvalue weighted by Gasteiger charge is 2.33.